The molecule has 4 rings (SSSR count). The van der Waals surface area contributed by atoms with Crippen molar-refractivity contribution in [1.82, 2.24) is 14.9 Å². The SMILES string of the molecule is COc1ccc(-n2c(C)cc(-c3csc(NC(=O)CCNC(=O)c4ccco4)n3)c2C)cc1. The van der Waals surface area contributed by atoms with Gasteiger partial charge in [0.15, 0.2) is 10.9 Å². The predicted molar refractivity (Wildman–Crippen MR) is 127 cm³/mol. The van der Waals surface area contributed by atoms with Crippen molar-refractivity contribution in [3.8, 4) is 22.7 Å². The minimum absolute atomic E-state index is 0.132. The number of rotatable bonds is 8. The van der Waals surface area contributed by atoms with E-state index in [4.69, 9.17) is 9.15 Å². The smallest absolute Gasteiger partial charge is 0.286 e. The molecule has 2 N–H and O–H groups in total. The Morgan fingerprint density at radius 2 is 1.97 bits per heavy atom. The summed E-state index contributed by atoms with van der Waals surface area (Å²) in [6, 6.07) is 13.2. The molecule has 0 radical (unpaired) electrons. The maximum atomic E-state index is 12.3. The van der Waals surface area contributed by atoms with Gasteiger partial charge in [0.1, 0.15) is 5.75 Å². The number of amides is 2. The van der Waals surface area contributed by atoms with E-state index < -0.39 is 0 Å². The molecule has 8 nitrogen and oxygen atoms in total. The van der Waals surface area contributed by atoms with Crippen molar-refractivity contribution >= 4 is 28.3 Å². The third-order valence-corrected chi connectivity index (χ3v) is 5.93. The number of nitrogens with one attached hydrogen (secondary N) is 2. The Labute approximate surface area is 195 Å². The first-order valence-corrected chi connectivity index (χ1v) is 11.2. The van der Waals surface area contributed by atoms with E-state index in [-0.39, 0.29) is 30.5 Å². The highest BCUT2D eigenvalue weighted by Gasteiger charge is 2.16. The van der Waals surface area contributed by atoms with Crippen LogP contribution in [0, 0.1) is 13.8 Å². The van der Waals surface area contributed by atoms with Crippen LogP contribution in [0.5, 0.6) is 5.75 Å². The lowest BCUT2D eigenvalue weighted by molar-refractivity contribution is -0.116. The Hall–Kier alpha value is -3.85. The lowest BCUT2D eigenvalue weighted by Gasteiger charge is -2.10. The second kappa shape index (κ2) is 9.74. The third-order valence-electron chi connectivity index (χ3n) is 5.17. The molecule has 0 aliphatic heterocycles. The van der Waals surface area contributed by atoms with Crippen molar-refractivity contribution in [3.63, 3.8) is 0 Å². The molecule has 170 valence electrons. The van der Waals surface area contributed by atoms with Crippen molar-refractivity contribution in [2.24, 2.45) is 0 Å². The average molecular weight is 465 g/mol. The molecule has 3 heterocycles. The van der Waals surface area contributed by atoms with Gasteiger partial charge in [-0.2, -0.15) is 0 Å². The van der Waals surface area contributed by atoms with Gasteiger partial charge in [-0.25, -0.2) is 4.98 Å². The van der Waals surface area contributed by atoms with Gasteiger partial charge in [-0.3, -0.25) is 9.59 Å². The molecule has 0 saturated carbocycles. The maximum absolute atomic E-state index is 12.3. The first kappa shape index (κ1) is 22.3. The molecule has 2 amide bonds. The summed E-state index contributed by atoms with van der Waals surface area (Å²) in [6.07, 6.45) is 1.56. The minimum atomic E-state index is -0.350. The van der Waals surface area contributed by atoms with Crippen LogP contribution < -0.4 is 15.4 Å². The number of carbonyl (C=O) groups excluding carboxylic acids is 2. The van der Waals surface area contributed by atoms with Crippen LogP contribution in [0.3, 0.4) is 0 Å². The molecule has 3 aromatic heterocycles. The number of carbonyl (C=O) groups is 2. The molecule has 0 fully saturated rings. The van der Waals surface area contributed by atoms with Gasteiger partial charge in [0, 0.05) is 41.0 Å². The molecule has 33 heavy (non-hydrogen) atoms. The fourth-order valence-corrected chi connectivity index (χ4v) is 4.30. The lowest BCUT2D eigenvalue weighted by Crippen LogP contribution is -2.27. The standard InChI is InChI=1S/C24H24N4O4S/c1-15-13-19(16(2)28(15)17-6-8-18(31-3)9-7-17)20-14-33-24(26-20)27-22(29)10-11-25-23(30)21-5-4-12-32-21/h4-9,12-14H,10-11H2,1-3H3,(H,25,30)(H,26,27,29). The number of furan rings is 1. The molecule has 0 aliphatic carbocycles. The van der Waals surface area contributed by atoms with E-state index in [1.54, 1.807) is 19.2 Å². The molecule has 0 spiro atoms. The number of aromatic nitrogens is 2. The van der Waals surface area contributed by atoms with E-state index in [0.29, 0.717) is 5.13 Å². The van der Waals surface area contributed by atoms with Crippen molar-refractivity contribution in [1.29, 1.82) is 0 Å². The van der Waals surface area contributed by atoms with Crippen LogP contribution in [0.15, 0.2) is 58.5 Å². The minimum Gasteiger partial charge on any atom is -0.497 e. The maximum Gasteiger partial charge on any atom is 0.286 e. The number of hydrogen-bond donors (Lipinski definition) is 2. The number of methoxy groups -OCH3 is 1. The topological polar surface area (TPSA) is 98.4 Å². The largest absolute Gasteiger partial charge is 0.497 e. The van der Waals surface area contributed by atoms with E-state index in [0.717, 1.165) is 34.1 Å². The molecule has 4 aromatic rings. The second-order valence-corrected chi connectivity index (χ2v) is 8.25. The number of thiazole rings is 1. The highest BCUT2D eigenvalue weighted by Crippen LogP contribution is 2.32. The van der Waals surface area contributed by atoms with Crippen molar-refractivity contribution < 1.29 is 18.7 Å². The van der Waals surface area contributed by atoms with Gasteiger partial charge in [-0.15, -0.1) is 11.3 Å². The van der Waals surface area contributed by atoms with Gasteiger partial charge in [0.05, 0.1) is 19.1 Å². The number of anilines is 1. The number of hydrogen-bond acceptors (Lipinski definition) is 6. The van der Waals surface area contributed by atoms with Crippen LogP contribution >= 0.6 is 11.3 Å². The van der Waals surface area contributed by atoms with Crippen LogP contribution in [-0.4, -0.2) is 35.0 Å². The summed E-state index contributed by atoms with van der Waals surface area (Å²) < 4.78 is 12.4. The molecule has 0 unspecified atom stereocenters. The van der Waals surface area contributed by atoms with Crippen LogP contribution in [-0.2, 0) is 4.79 Å². The monoisotopic (exact) mass is 464 g/mol. The van der Waals surface area contributed by atoms with Crippen LogP contribution in [0.2, 0.25) is 0 Å². The third kappa shape index (κ3) is 4.98. The van der Waals surface area contributed by atoms with Crippen molar-refractivity contribution in [3.05, 3.63) is 71.3 Å². The number of benzene rings is 1. The summed E-state index contributed by atoms with van der Waals surface area (Å²) in [5, 5.41) is 7.89. The van der Waals surface area contributed by atoms with Crippen LogP contribution in [0.1, 0.15) is 28.4 Å². The van der Waals surface area contributed by atoms with E-state index in [1.807, 2.05) is 43.5 Å². The zero-order chi connectivity index (χ0) is 23.4. The quantitative estimate of drug-likeness (QED) is 0.398. The highest BCUT2D eigenvalue weighted by molar-refractivity contribution is 7.14. The van der Waals surface area contributed by atoms with Crippen molar-refractivity contribution in [2.75, 3.05) is 19.0 Å². The number of nitrogens with zero attached hydrogens (tertiary/aromatic N) is 2. The molecule has 0 atom stereocenters. The summed E-state index contributed by atoms with van der Waals surface area (Å²) in [6.45, 7) is 4.30. The number of aryl methyl sites for hydroxylation is 1. The van der Waals surface area contributed by atoms with E-state index in [9.17, 15) is 9.59 Å². The summed E-state index contributed by atoms with van der Waals surface area (Å²) in [5.41, 5.74) is 4.98. The van der Waals surface area contributed by atoms with E-state index in [1.165, 1.54) is 17.6 Å². The zero-order valence-corrected chi connectivity index (χ0v) is 19.4. The predicted octanol–water partition coefficient (Wildman–Crippen LogP) is 4.58. The average Bonchev–Trinajstić information content (AvgIpc) is 3.55. The molecule has 9 heteroatoms. The van der Waals surface area contributed by atoms with Gasteiger partial charge in [0.2, 0.25) is 5.91 Å². The Morgan fingerprint density at radius 1 is 1.18 bits per heavy atom. The van der Waals surface area contributed by atoms with E-state index in [2.05, 4.69) is 26.3 Å². The van der Waals surface area contributed by atoms with Gasteiger partial charge in [-0.1, -0.05) is 0 Å². The lowest BCUT2D eigenvalue weighted by atomic mass is 10.2. The molecule has 0 saturated heterocycles. The summed E-state index contributed by atoms with van der Waals surface area (Å²) in [7, 11) is 1.65. The van der Waals surface area contributed by atoms with E-state index >= 15 is 0 Å². The van der Waals surface area contributed by atoms with Gasteiger partial charge in [0.25, 0.3) is 5.91 Å². The van der Waals surface area contributed by atoms with Gasteiger partial charge in [-0.05, 0) is 56.3 Å². The zero-order valence-electron chi connectivity index (χ0n) is 18.5. The van der Waals surface area contributed by atoms with Gasteiger partial charge >= 0.3 is 0 Å². The summed E-state index contributed by atoms with van der Waals surface area (Å²) in [4.78, 5) is 28.7. The van der Waals surface area contributed by atoms with Crippen LogP contribution in [0.4, 0.5) is 5.13 Å². The van der Waals surface area contributed by atoms with Gasteiger partial charge < -0.3 is 24.4 Å². The van der Waals surface area contributed by atoms with Crippen molar-refractivity contribution in [2.45, 2.75) is 20.3 Å². The molecule has 0 bridgehead atoms. The second-order valence-electron chi connectivity index (χ2n) is 7.39. The first-order valence-electron chi connectivity index (χ1n) is 10.4. The first-order chi connectivity index (χ1) is 16.0. The number of ether oxygens (including phenoxy) is 1. The fraction of sp³-hybridized carbons (Fsp3) is 0.208. The fourth-order valence-electron chi connectivity index (χ4n) is 3.57. The summed E-state index contributed by atoms with van der Waals surface area (Å²) >= 11 is 1.36. The Balaban J connectivity index is 1.39. The molecule has 1 aromatic carbocycles. The Morgan fingerprint density at radius 3 is 2.67 bits per heavy atom. The van der Waals surface area contributed by atoms with Crippen LogP contribution in [0.25, 0.3) is 16.9 Å². The Kier molecular flexibility index (Phi) is 6.60. The normalized spacial score (nSPS) is 10.8. The highest BCUT2D eigenvalue weighted by atomic mass is 32.1. The molecular formula is C24H24N4O4S. The summed E-state index contributed by atoms with van der Waals surface area (Å²) in [5.74, 6) is 0.449. The Bertz CT molecular complexity index is 1260. The molecule has 0 aliphatic rings. The molecular weight excluding hydrogens is 440 g/mol.